The third-order valence-corrected chi connectivity index (χ3v) is 4.30. The molecule has 2 N–H and O–H groups in total. The molecule has 0 atom stereocenters. The van der Waals surface area contributed by atoms with Crippen molar-refractivity contribution in [1.29, 1.82) is 0 Å². The van der Waals surface area contributed by atoms with E-state index >= 15 is 0 Å². The fourth-order valence-electron chi connectivity index (χ4n) is 2.16. The SMILES string of the molecule is C#Cc1cccc(NC(=O)CNC(=O)c2ccccc2SC(C)C)c1. The topological polar surface area (TPSA) is 58.2 Å². The van der Waals surface area contributed by atoms with Crippen LogP contribution in [0.5, 0.6) is 0 Å². The Labute approximate surface area is 152 Å². The molecule has 0 saturated carbocycles. The van der Waals surface area contributed by atoms with Crippen molar-refractivity contribution in [1.82, 2.24) is 5.32 Å². The second-order valence-electron chi connectivity index (χ2n) is 5.62. The molecule has 0 spiro atoms. The lowest BCUT2D eigenvalue weighted by Gasteiger charge is -2.11. The summed E-state index contributed by atoms with van der Waals surface area (Å²) in [5, 5.41) is 5.73. The average Bonchev–Trinajstić information content (AvgIpc) is 2.60. The number of rotatable bonds is 6. The van der Waals surface area contributed by atoms with Crippen molar-refractivity contribution in [2.24, 2.45) is 0 Å². The van der Waals surface area contributed by atoms with Gasteiger partial charge >= 0.3 is 0 Å². The zero-order chi connectivity index (χ0) is 18.2. The number of benzene rings is 2. The molecular formula is C20H20N2O2S. The van der Waals surface area contributed by atoms with E-state index in [0.29, 0.717) is 22.1 Å². The van der Waals surface area contributed by atoms with Crippen LogP contribution in [0, 0.1) is 12.3 Å². The summed E-state index contributed by atoms with van der Waals surface area (Å²) in [6.45, 7) is 4.02. The van der Waals surface area contributed by atoms with Gasteiger partial charge in [-0.15, -0.1) is 18.2 Å². The lowest BCUT2D eigenvalue weighted by Crippen LogP contribution is -2.33. The zero-order valence-electron chi connectivity index (χ0n) is 14.2. The van der Waals surface area contributed by atoms with E-state index in [4.69, 9.17) is 6.42 Å². The van der Waals surface area contributed by atoms with Gasteiger partial charge in [-0.2, -0.15) is 0 Å². The van der Waals surface area contributed by atoms with Gasteiger partial charge < -0.3 is 10.6 Å². The first-order valence-electron chi connectivity index (χ1n) is 7.90. The van der Waals surface area contributed by atoms with Crippen LogP contribution in [0.4, 0.5) is 5.69 Å². The largest absolute Gasteiger partial charge is 0.343 e. The van der Waals surface area contributed by atoms with Crippen LogP contribution < -0.4 is 10.6 Å². The third-order valence-electron chi connectivity index (χ3n) is 3.22. The summed E-state index contributed by atoms with van der Waals surface area (Å²) in [6, 6.07) is 14.4. The molecule has 2 aromatic carbocycles. The Balaban J connectivity index is 1.95. The highest BCUT2D eigenvalue weighted by Crippen LogP contribution is 2.26. The van der Waals surface area contributed by atoms with Crippen LogP contribution in [0.1, 0.15) is 29.8 Å². The van der Waals surface area contributed by atoms with E-state index in [1.54, 1.807) is 42.1 Å². The first kappa shape index (κ1) is 18.6. The molecule has 2 aromatic rings. The molecule has 0 unspecified atom stereocenters. The number of hydrogen-bond acceptors (Lipinski definition) is 3. The Morgan fingerprint density at radius 2 is 1.92 bits per heavy atom. The van der Waals surface area contributed by atoms with Crippen molar-refractivity contribution >= 4 is 29.3 Å². The molecule has 25 heavy (non-hydrogen) atoms. The normalized spacial score (nSPS) is 10.2. The van der Waals surface area contributed by atoms with Crippen molar-refractivity contribution in [3.63, 3.8) is 0 Å². The number of carbonyl (C=O) groups is 2. The Morgan fingerprint density at radius 3 is 2.64 bits per heavy atom. The monoisotopic (exact) mass is 352 g/mol. The predicted molar refractivity (Wildman–Crippen MR) is 103 cm³/mol. The van der Waals surface area contributed by atoms with Crippen LogP contribution in [0.3, 0.4) is 0 Å². The van der Waals surface area contributed by atoms with Gasteiger partial charge in [0.1, 0.15) is 0 Å². The minimum absolute atomic E-state index is 0.111. The molecule has 0 aliphatic rings. The smallest absolute Gasteiger partial charge is 0.252 e. The number of nitrogens with one attached hydrogen (secondary N) is 2. The molecule has 2 rings (SSSR count). The molecule has 0 heterocycles. The van der Waals surface area contributed by atoms with Crippen LogP contribution in [-0.2, 0) is 4.79 Å². The van der Waals surface area contributed by atoms with Crippen LogP contribution >= 0.6 is 11.8 Å². The fourth-order valence-corrected chi connectivity index (χ4v) is 3.11. The highest BCUT2D eigenvalue weighted by molar-refractivity contribution is 8.00. The van der Waals surface area contributed by atoms with Gasteiger partial charge in [-0.1, -0.05) is 38.0 Å². The van der Waals surface area contributed by atoms with Crippen molar-refractivity contribution in [2.75, 3.05) is 11.9 Å². The van der Waals surface area contributed by atoms with E-state index in [1.165, 1.54) is 0 Å². The van der Waals surface area contributed by atoms with Gasteiger partial charge in [-0.3, -0.25) is 9.59 Å². The number of amides is 2. The van der Waals surface area contributed by atoms with E-state index in [9.17, 15) is 9.59 Å². The summed E-state index contributed by atoms with van der Waals surface area (Å²) < 4.78 is 0. The standard InChI is InChI=1S/C20H20N2O2S/c1-4-15-8-7-9-16(12-15)22-19(23)13-21-20(24)17-10-5-6-11-18(17)25-14(2)3/h1,5-12,14H,13H2,2-3H3,(H,21,24)(H,22,23). The zero-order valence-corrected chi connectivity index (χ0v) is 15.0. The molecule has 0 aromatic heterocycles. The van der Waals surface area contributed by atoms with Crippen LogP contribution in [0.2, 0.25) is 0 Å². The number of thioether (sulfide) groups is 1. The first-order valence-corrected chi connectivity index (χ1v) is 8.78. The lowest BCUT2D eigenvalue weighted by molar-refractivity contribution is -0.115. The van der Waals surface area contributed by atoms with E-state index in [1.807, 2.05) is 18.2 Å². The maximum absolute atomic E-state index is 12.4. The van der Waals surface area contributed by atoms with Gasteiger partial charge in [0, 0.05) is 21.4 Å². The molecule has 0 radical (unpaired) electrons. The minimum atomic E-state index is -0.309. The van der Waals surface area contributed by atoms with E-state index in [-0.39, 0.29) is 18.4 Å². The van der Waals surface area contributed by atoms with Gasteiger partial charge in [0.25, 0.3) is 5.91 Å². The maximum Gasteiger partial charge on any atom is 0.252 e. The summed E-state index contributed by atoms with van der Waals surface area (Å²) in [5.41, 5.74) is 1.86. The predicted octanol–water partition coefficient (Wildman–Crippen LogP) is 3.54. The molecule has 2 amide bonds. The van der Waals surface area contributed by atoms with Gasteiger partial charge in [0.05, 0.1) is 12.1 Å². The highest BCUT2D eigenvalue weighted by atomic mass is 32.2. The second-order valence-corrected chi connectivity index (χ2v) is 7.24. The Hall–Kier alpha value is -2.71. The summed E-state index contributed by atoms with van der Waals surface area (Å²) in [4.78, 5) is 25.3. The second kappa shape index (κ2) is 8.95. The summed E-state index contributed by atoms with van der Waals surface area (Å²) in [6.07, 6.45) is 5.34. The number of carbonyl (C=O) groups excluding carboxylic acids is 2. The van der Waals surface area contributed by atoms with Gasteiger partial charge in [0.2, 0.25) is 5.91 Å². The lowest BCUT2D eigenvalue weighted by atomic mass is 10.2. The highest BCUT2D eigenvalue weighted by Gasteiger charge is 2.13. The third kappa shape index (κ3) is 5.70. The van der Waals surface area contributed by atoms with Crippen molar-refractivity contribution < 1.29 is 9.59 Å². The van der Waals surface area contributed by atoms with Gasteiger partial charge in [-0.05, 0) is 30.3 Å². The summed E-state index contributed by atoms with van der Waals surface area (Å²) in [5.74, 6) is 1.93. The van der Waals surface area contributed by atoms with E-state index in [2.05, 4.69) is 30.4 Å². The van der Waals surface area contributed by atoms with E-state index in [0.717, 1.165) is 4.90 Å². The number of terminal acetylenes is 1. The molecule has 5 heteroatoms. The van der Waals surface area contributed by atoms with Crippen molar-refractivity contribution in [3.8, 4) is 12.3 Å². The molecule has 0 bridgehead atoms. The Kier molecular flexibility index (Phi) is 6.67. The van der Waals surface area contributed by atoms with Crippen molar-refractivity contribution in [2.45, 2.75) is 24.0 Å². The number of hydrogen-bond donors (Lipinski definition) is 2. The Bertz CT molecular complexity index is 809. The number of anilines is 1. The van der Waals surface area contributed by atoms with Crippen LogP contribution in [0.25, 0.3) is 0 Å². The van der Waals surface area contributed by atoms with E-state index < -0.39 is 0 Å². The summed E-state index contributed by atoms with van der Waals surface area (Å²) in [7, 11) is 0. The molecular weight excluding hydrogens is 332 g/mol. The molecule has 4 nitrogen and oxygen atoms in total. The van der Waals surface area contributed by atoms with Crippen molar-refractivity contribution in [3.05, 3.63) is 59.7 Å². The fraction of sp³-hybridized carbons (Fsp3) is 0.200. The molecule has 0 aliphatic carbocycles. The summed E-state index contributed by atoms with van der Waals surface area (Å²) >= 11 is 1.61. The molecule has 0 aliphatic heterocycles. The minimum Gasteiger partial charge on any atom is -0.343 e. The first-order chi connectivity index (χ1) is 12.0. The maximum atomic E-state index is 12.4. The molecule has 0 fully saturated rings. The van der Waals surface area contributed by atoms with Crippen LogP contribution in [0.15, 0.2) is 53.4 Å². The molecule has 128 valence electrons. The van der Waals surface area contributed by atoms with Gasteiger partial charge in [-0.25, -0.2) is 0 Å². The Morgan fingerprint density at radius 1 is 1.16 bits per heavy atom. The quantitative estimate of drug-likeness (QED) is 0.618. The van der Waals surface area contributed by atoms with Gasteiger partial charge in [0.15, 0.2) is 0 Å². The van der Waals surface area contributed by atoms with Crippen LogP contribution in [-0.4, -0.2) is 23.6 Å². The average molecular weight is 352 g/mol. The molecule has 0 saturated heterocycles.